The molecule has 3 N–H and O–H groups in total. The summed E-state index contributed by atoms with van der Waals surface area (Å²) in [7, 11) is -3.69. The van der Waals surface area contributed by atoms with Crippen LogP contribution in [0.1, 0.15) is 11.1 Å². The molecule has 0 saturated carbocycles. The van der Waals surface area contributed by atoms with Crippen LogP contribution in [0.5, 0.6) is 0 Å². The zero-order valence-electron chi connectivity index (χ0n) is 11.0. The normalized spacial score (nSPS) is 11.6. The molecule has 0 radical (unpaired) electrons. The number of rotatable bonds is 5. The summed E-state index contributed by atoms with van der Waals surface area (Å²) >= 11 is 3.23. The fraction of sp³-hybridized carbons (Fsp3) is 0.143. The fourth-order valence-corrected chi connectivity index (χ4v) is 3.93. The van der Waals surface area contributed by atoms with Crippen molar-refractivity contribution in [2.24, 2.45) is 5.73 Å². The molecule has 0 unspecified atom stereocenters. The molecule has 7 heteroatoms. The van der Waals surface area contributed by atoms with Crippen LogP contribution in [0.15, 0.2) is 51.8 Å². The second kappa shape index (κ2) is 6.65. The van der Waals surface area contributed by atoms with Gasteiger partial charge in [0.15, 0.2) is 0 Å². The van der Waals surface area contributed by atoms with Gasteiger partial charge in [-0.05, 0) is 51.3 Å². The Morgan fingerprint density at radius 1 is 1.14 bits per heavy atom. The number of sulfonamides is 1. The molecule has 0 fully saturated rings. The Hall–Kier alpha value is -1.28. The van der Waals surface area contributed by atoms with Crippen LogP contribution in [-0.4, -0.2) is 8.42 Å². The standard InChI is InChI=1S/C14H14BrFN2O2S/c15-13-7-10(8-17)4-5-14(13)21(19,20)18-9-11-2-1-3-12(16)6-11/h1-7,18H,8-9,17H2. The smallest absolute Gasteiger partial charge is 0.241 e. The van der Waals surface area contributed by atoms with Crippen molar-refractivity contribution in [1.82, 2.24) is 4.72 Å². The SMILES string of the molecule is NCc1ccc(S(=O)(=O)NCc2cccc(F)c2)c(Br)c1. The van der Waals surface area contributed by atoms with E-state index >= 15 is 0 Å². The Balaban J connectivity index is 2.19. The third-order valence-corrected chi connectivity index (χ3v) is 5.25. The van der Waals surface area contributed by atoms with Crippen LogP contribution in [0.2, 0.25) is 0 Å². The molecule has 2 aromatic carbocycles. The number of benzene rings is 2. The van der Waals surface area contributed by atoms with Crippen LogP contribution in [0.4, 0.5) is 4.39 Å². The first-order chi connectivity index (χ1) is 9.92. The summed E-state index contributed by atoms with van der Waals surface area (Å²) in [5.74, 6) is -0.403. The van der Waals surface area contributed by atoms with Crippen molar-refractivity contribution >= 4 is 26.0 Å². The number of nitrogens with two attached hydrogens (primary N) is 1. The molecule has 0 heterocycles. The molecule has 2 aromatic rings. The Morgan fingerprint density at radius 3 is 2.52 bits per heavy atom. The highest BCUT2D eigenvalue weighted by molar-refractivity contribution is 9.10. The van der Waals surface area contributed by atoms with Crippen LogP contribution < -0.4 is 10.5 Å². The first kappa shape index (κ1) is 16.1. The molecular weight excluding hydrogens is 359 g/mol. The van der Waals surface area contributed by atoms with Gasteiger partial charge < -0.3 is 5.73 Å². The summed E-state index contributed by atoms with van der Waals surface area (Å²) in [4.78, 5) is 0.121. The predicted octanol–water partition coefficient (Wildman–Crippen LogP) is 2.53. The van der Waals surface area contributed by atoms with E-state index in [4.69, 9.17) is 5.73 Å². The summed E-state index contributed by atoms with van der Waals surface area (Å²) < 4.78 is 40.4. The highest BCUT2D eigenvalue weighted by atomic mass is 79.9. The molecule has 0 atom stereocenters. The molecule has 2 rings (SSSR count). The van der Waals surface area contributed by atoms with Crippen molar-refractivity contribution < 1.29 is 12.8 Å². The number of halogens is 2. The lowest BCUT2D eigenvalue weighted by molar-refractivity contribution is 0.579. The van der Waals surface area contributed by atoms with Crippen molar-refractivity contribution in [3.05, 3.63) is 63.9 Å². The van der Waals surface area contributed by atoms with E-state index in [9.17, 15) is 12.8 Å². The van der Waals surface area contributed by atoms with Crippen LogP contribution in [-0.2, 0) is 23.1 Å². The van der Waals surface area contributed by atoms with E-state index in [1.807, 2.05) is 0 Å². The minimum atomic E-state index is -3.69. The van der Waals surface area contributed by atoms with E-state index < -0.39 is 15.8 Å². The minimum absolute atomic E-state index is 0.0190. The zero-order valence-corrected chi connectivity index (χ0v) is 13.4. The van der Waals surface area contributed by atoms with Crippen LogP contribution in [0.3, 0.4) is 0 Å². The summed E-state index contributed by atoms with van der Waals surface area (Å²) in [5.41, 5.74) is 6.88. The molecule has 21 heavy (non-hydrogen) atoms. The lowest BCUT2D eigenvalue weighted by Gasteiger charge is -2.09. The van der Waals surface area contributed by atoms with E-state index in [0.29, 0.717) is 16.6 Å². The fourth-order valence-electron chi connectivity index (χ4n) is 1.79. The van der Waals surface area contributed by atoms with Gasteiger partial charge in [0, 0.05) is 17.6 Å². The first-order valence-electron chi connectivity index (χ1n) is 6.15. The van der Waals surface area contributed by atoms with Crippen molar-refractivity contribution in [3.63, 3.8) is 0 Å². The van der Waals surface area contributed by atoms with E-state index in [1.165, 1.54) is 24.3 Å². The highest BCUT2D eigenvalue weighted by Gasteiger charge is 2.17. The molecule has 0 spiro atoms. The molecule has 4 nitrogen and oxygen atoms in total. The van der Waals surface area contributed by atoms with E-state index in [-0.39, 0.29) is 11.4 Å². The van der Waals surface area contributed by atoms with Gasteiger partial charge in [-0.15, -0.1) is 0 Å². The average molecular weight is 373 g/mol. The van der Waals surface area contributed by atoms with Crippen LogP contribution >= 0.6 is 15.9 Å². The van der Waals surface area contributed by atoms with Gasteiger partial charge >= 0.3 is 0 Å². The molecule has 0 aliphatic rings. The largest absolute Gasteiger partial charge is 0.326 e. The topological polar surface area (TPSA) is 72.2 Å². The molecule has 0 saturated heterocycles. The monoisotopic (exact) mass is 372 g/mol. The minimum Gasteiger partial charge on any atom is -0.326 e. The number of hydrogen-bond donors (Lipinski definition) is 2. The molecule has 0 aromatic heterocycles. The summed E-state index contributed by atoms with van der Waals surface area (Å²) in [5, 5.41) is 0. The zero-order chi connectivity index (χ0) is 15.5. The summed E-state index contributed by atoms with van der Waals surface area (Å²) in [6.45, 7) is 0.348. The van der Waals surface area contributed by atoms with Gasteiger partial charge in [-0.1, -0.05) is 18.2 Å². The predicted molar refractivity (Wildman–Crippen MR) is 82.5 cm³/mol. The van der Waals surface area contributed by atoms with E-state index in [1.54, 1.807) is 18.2 Å². The van der Waals surface area contributed by atoms with Crippen molar-refractivity contribution in [2.75, 3.05) is 0 Å². The second-order valence-electron chi connectivity index (χ2n) is 4.42. The Morgan fingerprint density at radius 2 is 1.90 bits per heavy atom. The number of nitrogens with one attached hydrogen (secondary N) is 1. The van der Waals surface area contributed by atoms with Gasteiger partial charge in [-0.25, -0.2) is 17.5 Å². The maximum absolute atomic E-state index is 13.1. The lowest BCUT2D eigenvalue weighted by Crippen LogP contribution is -2.23. The Bertz CT molecular complexity index is 750. The molecule has 112 valence electrons. The van der Waals surface area contributed by atoms with Crippen LogP contribution in [0, 0.1) is 5.82 Å². The average Bonchev–Trinajstić information content (AvgIpc) is 2.45. The molecular formula is C14H14BrFN2O2S. The van der Waals surface area contributed by atoms with E-state index in [0.717, 1.165) is 5.56 Å². The number of hydrogen-bond acceptors (Lipinski definition) is 3. The lowest BCUT2D eigenvalue weighted by atomic mass is 10.2. The molecule has 0 bridgehead atoms. The van der Waals surface area contributed by atoms with Gasteiger partial charge in [-0.2, -0.15) is 0 Å². The van der Waals surface area contributed by atoms with Crippen molar-refractivity contribution in [2.45, 2.75) is 18.0 Å². The summed E-state index contributed by atoms with van der Waals surface area (Å²) in [6, 6.07) is 10.6. The highest BCUT2D eigenvalue weighted by Crippen LogP contribution is 2.23. The van der Waals surface area contributed by atoms with Gasteiger partial charge in [0.05, 0.1) is 4.90 Å². The molecule has 0 aliphatic carbocycles. The van der Waals surface area contributed by atoms with Gasteiger partial charge in [0.2, 0.25) is 10.0 Å². The quantitative estimate of drug-likeness (QED) is 0.846. The molecule has 0 amide bonds. The van der Waals surface area contributed by atoms with Gasteiger partial charge in [0.1, 0.15) is 5.82 Å². The maximum atomic E-state index is 13.1. The first-order valence-corrected chi connectivity index (χ1v) is 8.42. The maximum Gasteiger partial charge on any atom is 0.241 e. The van der Waals surface area contributed by atoms with Gasteiger partial charge in [-0.3, -0.25) is 0 Å². The van der Waals surface area contributed by atoms with Crippen molar-refractivity contribution in [1.29, 1.82) is 0 Å². The Labute approximate surface area is 131 Å². The molecule has 0 aliphatic heterocycles. The summed E-state index contributed by atoms with van der Waals surface area (Å²) in [6.07, 6.45) is 0. The van der Waals surface area contributed by atoms with Crippen molar-refractivity contribution in [3.8, 4) is 0 Å². The van der Waals surface area contributed by atoms with E-state index in [2.05, 4.69) is 20.7 Å². The van der Waals surface area contributed by atoms with Crippen LogP contribution in [0.25, 0.3) is 0 Å². The third kappa shape index (κ3) is 4.10. The third-order valence-electron chi connectivity index (χ3n) is 2.88. The second-order valence-corrected chi connectivity index (χ2v) is 7.01. The van der Waals surface area contributed by atoms with Gasteiger partial charge in [0.25, 0.3) is 0 Å². The Kier molecular flexibility index (Phi) is 5.10.